The maximum absolute atomic E-state index is 5.50. The van der Waals surface area contributed by atoms with Crippen LogP contribution in [0.4, 0.5) is 11.4 Å². The molecule has 0 bridgehead atoms. The number of benzene rings is 1. The molecule has 0 heterocycles. The van der Waals surface area contributed by atoms with Gasteiger partial charge in [0.2, 0.25) is 0 Å². The van der Waals surface area contributed by atoms with Crippen molar-refractivity contribution in [2.75, 3.05) is 9.26 Å². The Morgan fingerprint density at radius 3 is 2.70 bits per heavy atom. The highest BCUT2D eigenvalue weighted by Crippen LogP contribution is 2.22. The van der Waals surface area contributed by atoms with Gasteiger partial charge in [0.1, 0.15) is 0 Å². The Morgan fingerprint density at radius 1 is 1.50 bits per heavy atom. The van der Waals surface area contributed by atoms with E-state index in [1.807, 2.05) is 18.2 Å². The first-order valence-corrected chi connectivity index (χ1v) is 4.22. The van der Waals surface area contributed by atoms with Crippen molar-refractivity contribution in [3.8, 4) is 0 Å². The van der Waals surface area contributed by atoms with Gasteiger partial charge >= 0.3 is 0 Å². The minimum atomic E-state index is 0.736. The average Bonchev–Trinajstić information content (AvgIpc) is 1.88. The van der Waals surface area contributed by atoms with E-state index in [0.29, 0.717) is 0 Å². The highest BCUT2D eigenvalue weighted by atomic mass is 127. The molecule has 1 aromatic carbocycles. The Labute approximate surface area is 79.1 Å². The van der Waals surface area contributed by atoms with Gasteiger partial charge in [-0.25, -0.2) is 0 Å². The second-order valence-electron chi connectivity index (χ2n) is 1.87. The fourth-order valence-corrected chi connectivity index (χ4v) is 1.59. The number of thiol groups is 1. The van der Waals surface area contributed by atoms with Gasteiger partial charge in [-0.1, -0.05) is 0 Å². The standard InChI is InChI=1S/C6H7IN2S/c7-9-5-2-1-4(8)3-6(5)10/h1-3,9-10H,8H2. The third-order valence-corrected chi connectivity index (χ3v) is 2.07. The summed E-state index contributed by atoms with van der Waals surface area (Å²) in [6, 6.07) is 5.54. The van der Waals surface area contributed by atoms with Gasteiger partial charge in [0.25, 0.3) is 0 Å². The van der Waals surface area contributed by atoms with Crippen molar-refractivity contribution in [1.29, 1.82) is 0 Å². The van der Waals surface area contributed by atoms with Gasteiger partial charge in [-0.3, -0.25) is 0 Å². The summed E-state index contributed by atoms with van der Waals surface area (Å²) in [6.07, 6.45) is 0. The van der Waals surface area contributed by atoms with E-state index in [4.69, 9.17) is 5.73 Å². The van der Waals surface area contributed by atoms with Crippen molar-refractivity contribution < 1.29 is 0 Å². The van der Waals surface area contributed by atoms with Crippen LogP contribution in [0.2, 0.25) is 0 Å². The fraction of sp³-hybridized carbons (Fsp3) is 0. The first-order valence-electron chi connectivity index (χ1n) is 2.69. The maximum atomic E-state index is 5.50. The largest absolute Gasteiger partial charge is 0.399 e. The lowest BCUT2D eigenvalue weighted by atomic mass is 10.3. The number of rotatable bonds is 1. The number of anilines is 2. The molecule has 0 aliphatic carbocycles. The van der Waals surface area contributed by atoms with Crippen LogP contribution < -0.4 is 9.26 Å². The smallest absolute Gasteiger partial charge is 0.0564 e. The van der Waals surface area contributed by atoms with Crippen molar-refractivity contribution in [1.82, 2.24) is 0 Å². The number of hydrogen-bond acceptors (Lipinski definition) is 3. The van der Waals surface area contributed by atoms with E-state index in [0.717, 1.165) is 16.3 Å². The molecule has 0 aliphatic rings. The van der Waals surface area contributed by atoms with Crippen LogP contribution >= 0.6 is 35.5 Å². The molecule has 0 fully saturated rings. The van der Waals surface area contributed by atoms with E-state index < -0.39 is 0 Å². The monoisotopic (exact) mass is 266 g/mol. The van der Waals surface area contributed by atoms with Gasteiger partial charge in [0.15, 0.2) is 0 Å². The van der Waals surface area contributed by atoms with Gasteiger partial charge in [0.05, 0.1) is 28.6 Å². The molecule has 0 saturated carbocycles. The van der Waals surface area contributed by atoms with Crippen LogP contribution in [-0.2, 0) is 0 Å². The van der Waals surface area contributed by atoms with Gasteiger partial charge < -0.3 is 9.26 Å². The van der Waals surface area contributed by atoms with Crippen LogP contribution in [0.25, 0.3) is 0 Å². The molecule has 4 heteroatoms. The van der Waals surface area contributed by atoms with E-state index in [1.165, 1.54) is 0 Å². The highest BCUT2D eigenvalue weighted by molar-refractivity contribution is 14.1. The van der Waals surface area contributed by atoms with Gasteiger partial charge in [-0.15, -0.1) is 12.6 Å². The minimum absolute atomic E-state index is 0.736. The Bertz CT molecular complexity index is 239. The van der Waals surface area contributed by atoms with Crippen LogP contribution in [0, 0.1) is 0 Å². The fourth-order valence-electron chi connectivity index (χ4n) is 0.629. The first-order chi connectivity index (χ1) is 4.74. The normalized spacial score (nSPS) is 9.40. The molecule has 0 spiro atoms. The highest BCUT2D eigenvalue weighted by Gasteiger charge is 1.94. The molecule has 0 radical (unpaired) electrons. The summed E-state index contributed by atoms with van der Waals surface area (Å²) in [5.74, 6) is 0. The van der Waals surface area contributed by atoms with Crippen molar-refractivity contribution in [2.45, 2.75) is 4.90 Å². The van der Waals surface area contributed by atoms with E-state index >= 15 is 0 Å². The molecular formula is C6H7IN2S. The Hall–Kier alpha value is -0.100. The number of nitrogen functional groups attached to an aromatic ring is 1. The molecule has 2 nitrogen and oxygen atoms in total. The zero-order valence-corrected chi connectivity index (χ0v) is 8.19. The lowest BCUT2D eigenvalue weighted by molar-refractivity contribution is 1.48. The van der Waals surface area contributed by atoms with Crippen molar-refractivity contribution >= 4 is 46.9 Å². The van der Waals surface area contributed by atoms with Gasteiger partial charge in [-0.2, -0.15) is 0 Å². The summed E-state index contributed by atoms with van der Waals surface area (Å²) in [4.78, 5) is 0.870. The lowest BCUT2D eigenvalue weighted by Crippen LogP contribution is -1.86. The van der Waals surface area contributed by atoms with Crippen LogP contribution in [0.5, 0.6) is 0 Å². The summed E-state index contributed by atoms with van der Waals surface area (Å²) < 4.78 is 2.96. The number of hydrogen-bond donors (Lipinski definition) is 3. The molecule has 1 rings (SSSR count). The second-order valence-corrected chi connectivity index (χ2v) is 2.89. The van der Waals surface area contributed by atoms with E-state index in [9.17, 15) is 0 Å². The first kappa shape index (κ1) is 8.00. The molecule has 0 aliphatic heterocycles. The van der Waals surface area contributed by atoms with Crippen LogP contribution in [0.3, 0.4) is 0 Å². The lowest BCUT2D eigenvalue weighted by Gasteiger charge is -2.01. The Balaban J connectivity index is 3.07. The zero-order chi connectivity index (χ0) is 7.56. The summed E-state index contributed by atoms with van der Waals surface area (Å²) in [5.41, 5.74) is 7.22. The zero-order valence-electron chi connectivity index (χ0n) is 5.13. The quantitative estimate of drug-likeness (QED) is 0.316. The number of nitrogens with one attached hydrogen (secondary N) is 1. The average molecular weight is 266 g/mol. The summed E-state index contributed by atoms with van der Waals surface area (Å²) in [7, 11) is 0. The van der Waals surface area contributed by atoms with Gasteiger partial charge in [-0.05, 0) is 18.2 Å². The molecule has 0 atom stereocenters. The van der Waals surface area contributed by atoms with Gasteiger partial charge in [0, 0.05) is 10.6 Å². The summed E-state index contributed by atoms with van der Waals surface area (Å²) in [6.45, 7) is 0. The molecule has 0 amide bonds. The molecule has 10 heavy (non-hydrogen) atoms. The Kier molecular flexibility index (Phi) is 2.67. The van der Waals surface area contributed by atoms with E-state index in [2.05, 4.69) is 39.0 Å². The third kappa shape index (κ3) is 1.69. The molecular weight excluding hydrogens is 259 g/mol. The SMILES string of the molecule is Nc1ccc(NI)c(S)c1. The second kappa shape index (κ2) is 3.34. The van der Waals surface area contributed by atoms with Crippen LogP contribution in [0.15, 0.2) is 23.1 Å². The van der Waals surface area contributed by atoms with Crippen LogP contribution in [0.1, 0.15) is 0 Å². The number of halogens is 1. The molecule has 0 aromatic heterocycles. The van der Waals surface area contributed by atoms with Crippen LogP contribution in [-0.4, -0.2) is 0 Å². The molecule has 54 valence electrons. The van der Waals surface area contributed by atoms with Crippen molar-refractivity contribution in [3.05, 3.63) is 18.2 Å². The predicted molar refractivity (Wildman–Crippen MR) is 55.7 cm³/mol. The van der Waals surface area contributed by atoms with Crippen molar-refractivity contribution in [2.24, 2.45) is 0 Å². The summed E-state index contributed by atoms with van der Waals surface area (Å²) in [5, 5.41) is 0. The molecule has 1 aromatic rings. The van der Waals surface area contributed by atoms with Crippen molar-refractivity contribution in [3.63, 3.8) is 0 Å². The number of nitrogens with two attached hydrogens (primary N) is 1. The molecule has 3 N–H and O–H groups in total. The van der Waals surface area contributed by atoms with E-state index in [1.54, 1.807) is 0 Å². The minimum Gasteiger partial charge on any atom is -0.399 e. The van der Waals surface area contributed by atoms with E-state index in [-0.39, 0.29) is 0 Å². The summed E-state index contributed by atoms with van der Waals surface area (Å²) >= 11 is 6.25. The Morgan fingerprint density at radius 2 is 2.20 bits per heavy atom. The topological polar surface area (TPSA) is 38.0 Å². The predicted octanol–water partition coefficient (Wildman–Crippen LogP) is 2.32. The molecule has 0 unspecified atom stereocenters. The maximum Gasteiger partial charge on any atom is 0.0564 e. The third-order valence-electron chi connectivity index (χ3n) is 1.12. The molecule has 0 saturated heterocycles.